The number of hydrogen-bond acceptors (Lipinski definition) is 1. The van der Waals surface area contributed by atoms with Crippen molar-refractivity contribution in [1.82, 2.24) is 0 Å². The molecule has 1 heteroatoms. The summed E-state index contributed by atoms with van der Waals surface area (Å²) in [6.45, 7) is 0. The monoisotopic (exact) mass is 582 g/mol. The molecule has 0 aliphatic rings. The Hall–Kier alpha value is -5.92. The molecule has 45 heavy (non-hydrogen) atoms. The summed E-state index contributed by atoms with van der Waals surface area (Å²) in [5.74, 6) is 0. The Morgan fingerprint density at radius 2 is 0.889 bits per heavy atom. The van der Waals surface area contributed by atoms with Crippen molar-refractivity contribution in [2.45, 2.75) is 0 Å². The standard InChI is InChI=1S/C44H28O/c1-3-12-29(13-4-1)30-22-24-32(25-23-30)42-35-16-7-9-18-37(35)43(38-19-10-8-17-36(38)42)33-26-27-39-41(28-33)45-40-21-11-20-34(44(39)40)31-14-5-2-6-15-31/h1-28H/i11D,20D,21D,22D,23D,24D,25D,26D,27D,28D. The molecule has 0 radical (unpaired) electrons. The van der Waals surface area contributed by atoms with Gasteiger partial charge in [0.15, 0.2) is 0 Å². The van der Waals surface area contributed by atoms with Crippen molar-refractivity contribution >= 4 is 43.5 Å². The van der Waals surface area contributed by atoms with Crippen LogP contribution >= 0.6 is 0 Å². The Balaban J connectivity index is 1.40. The second-order valence-corrected chi connectivity index (χ2v) is 10.8. The van der Waals surface area contributed by atoms with E-state index in [4.69, 9.17) is 11.3 Å². The molecule has 1 aromatic heterocycles. The molecule has 8 aromatic carbocycles. The van der Waals surface area contributed by atoms with Gasteiger partial charge < -0.3 is 4.42 Å². The van der Waals surface area contributed by atoms with Crippen LogP contribution < -0.4 is 0 Å². The lowest BCUT2D eigenvalue weighted by Crippen LogP contribution is -1.91. The number of benzene rings is 8. The second-order valence-electron chi connectivity index (χ2n) is 10.8. The third kappa shape index (κ3) is 4.17. The van der Waals surface area contributed by atoms with Gasteiger partial charge in [-0.05, 0) is 84.2 Å². The van der Waals surface area contributed by atoms with Crippen molar-refractivity contribution in [1.29, 1.82) is 0 Å². The van der Waals surface area contributed by atoms with E-state index in [2.05, 4.69) is 0 Å². The zero-order valence-electron chi connectivity index (χ0n) is 33.8. The molecule has 1 heterocycles. The Labute approximate surface area is 275 Å². The highest BCUT2D eigenvalue weighted by Gasteiger charge is 2.18. The molecule has 0 bridgehead atoms. The van der Waals surface area contributed by atoms with Crippen LogP contribution in [-0.4, -0.2) is 0 Å². The van der Waals surface area contributed by atoms with Crippen molar-refractivity contribution in [2.24, 2.45) is 0 Å². The van der Waals surface area contributed by atoms with E-state index in [9.17, 15) is 6.85 Å². The first-order valence-electron chi connectivity index (χ1n) is 19.6. The van der Waals surface area contributed by atoms with Crippen molar-refractivity contribution in [3.63, 3.8) is 0 Å². The third-order valence-corrected chi connectivity index (χ3v) is 8.25. The number of furan rings is 1. The summed E-state index contributed by atoms with van der Waals surface area (Å²) in [6, 6.07) is 29.9. The van der Waals surface area contributed by atoms with Gasteiger partial charge in [0, 0.05) is 10.8 Å². The van der Waals surface area contributed by atoms with Crippen LogP contribution in [0.15, 0.2) is 174 Å². The molecule has 0 aliphatic carbocycles. The van der Waals surface area contributed by atoms with Crippen LogP contribution in [0.4, 0.5) is 0 Å². The molecule has 1 nitrogen and oxygen atoms in total. The molecule has 210 valence electrons. The molecule has 0 atom stereocenters. The van der Waals surface area contributed by atoms with Crippen molar-refractivity contribution in [3.05, 3.63) is 170 Å². The SMILES string of the molecule is [2H]c1c([2H])c(-c2c3ccccc3c(-c3c([2H])c([2H])c4c(oc5c([2H])c([2H])c([2H])c(-c6ccccc6)c54)c3[2H])c3ccccc23)c([2H])c([2H])c1-c1ccccc1. The van der Waals surface area contributed by atoms with E-state index >= 15 is 0 Å². The summed E-state index contributed by atoms with van der Waals surface area (Å²) in [5, 5.41) is 2.60. The lowest BCUT2D eigenvalue weighted by Gasteiger charge is -2.18. The largest absolute Gasteiger partial charge is 0.456 e. The second kappa shape index (κ2) is 10.4. The molecule has 0 fully saturated rings. The summed E-state index contributed by atoms with van der Waals surface area (Å²) < 4.78 is 97.7. The fourth-order valence-corrected chi connectivity index (χ4v) is 6.25. The molecular formula is C44H28O. The van der Waals surface area contributed by atoms with Gasteiger partial charge >= 0.3 is 0 Å². The minimum absolute atomic E-state index is 0.0410. The minimum atomic E-state index is -0.353. The number of rotatable bonds is 4. The average molecular weight is 583 g/mol. The van der Waals surface area contributed by atoms with E-state index in [1.807, 2.05) is 36.4 Å². The van der Waals surface area contributed by atoms with Gasteiger partial charge in [-0.25, -0.2) is 0 Å². The van der Waals surface area contributed by atoms with Crippen LogP contribution in [0.2, 0.25) is 0 Å². The molecule has 0 saturated heterocycles. The normalized spacial score (nSPS) is 14.7. The molecule has 9 aromatic rings. The highest BCUT2D eigenvalue weighted by atomic mass is 16.3. The average Bonchev–Trinajstić information content (AvgIpc) is 3.61. The van der Waals surface area contributed by atoms with Crippen LogP contribution in [0.5, 0.6) is 0 Å². The Bertz CT molecular complexity index is 3000. The van der Waals surface area contributed by atoms with Crippen molar-refractivity contribution < 1.29 is 18.1 Å². The fraction of sp³-hybridized carbons (Fsp3) is 0. The van der Waals surface area contributed by atoms with Crippen LogP contribution in [0.3, 0.4) is 0 Å². The third-order valence-electron chi connectivity index (χ3n) is 8.25. The maximum atomic E-state index is 9.64. The topological polar surface area (TPSA) is 13.1 Å². The van der Waals surface area contributed by atoms with E-state index in [0.717, 1.165) is 0 Å². The molecule has 0 amide bonds. The number of hydrogen-bond donors (Lipinski definition) is 0. The zero-order valence-corrected chi connectivity index (χ0v) is 23.8. The number of fused-ring (bicyclic) bond motifs is 5. The molecule has 9 rings (SSSR count). The van der Waals surface area contributed by atoms with E-state index in [1.54, 1.807) is 72.8 Å². The molecular weight excluding hydrogens is 544 g/mol. The van der Waals surface area contributed by atoms with Gasteiger partial charge in [-0.2, -0.15) is 0 Å². The molecule has 0 saturated carbocycles. The predicted octanol–water partition coefficient (Wildman–Crippen LogP) is 12.6. The summed E-state index contributed by atoms with van der Waals surface area (Å²) in [4.78, 5) is 0. The summed E-state index contributed by atoms with van der Waals surface area (Å²) in [6.07, 6.45) is 0. The highest BCUT2D eigenvalue weighted by molar-refractivity contribution is 6.22. The van der Waals surface area contributed by atoms with Crippen LogP contribution in [0.25, 0.3) is 88.0 Å². The molecule has 0 aliphatic heterocycles. The van der Waals surface area contributed by atoms with Crippen LogP contribution in [0, 0.1) is 0 Å². The summed E-state index contributed by atoms with van der Waals surface area (Å²) >= 11 is 0. The molecule has 0 unspecified atom stereocenters. The van der Waals surface area contributed by atoms with Crippen molar-refractivity contribution in [2.75, 3.05) is 0 Å². The highest BCUT2D eigenvalue weighted by Crippen LogP contribution is 2.45. The van der Waals surface area contributed by atoms with Gasteiger partial charge in [0.05, 0.1) is 13.7 Å². The quantitative estimate of drug-likeness (QED) is 0.188. The van der Waals surface area contributed by atoms with E-state index in [0.29, 0.717) is 43.8 Å². The smallest absolute Gasteiger partial charge is 0.136 e. The predicted molar refractivity (Wildman–Crippen MR) is 190 cm³/mol. The lowest BCUT2D eigenvalue weighted by molar-refractivity contribution is 0.669. The maximum absolute atomic E-state index is 9.64. The maximum Gasteiger partial charge on any atom is 0.136 e. The van der Waals surface area contributed by atoms with E-state index in [1.165, 1.54) is 0 Å². The zero-order chi connectivity index (χ0) is 38.4. The Morgan fingerprint density at radius 1 is 0.378 bits per heavy atom. The summed E-state index contributed by atoms with van der Waals surface area (Å²) in [5.41, 5.74) is 2.68. The fourth-order valence-electron chi connectivity index (χ4n) is 6.25. The first-order chi connectivity index (χ1) is 26.5. The van der Waals surface area contributed by atoms with Crippen LogP contribution in [-0.2, 0) is 0 Å². The Morgan fingerprint density at radius 3 is 1.51 bits per heavy atom. The van der Waals surface area contributed by atoms with E-state index in [-0.39, 0.29) is 105 Å². The first kappa shape index (κ1) is 17.4. The van der Waals surface area contributed by atoms with Gasteiger partial charge in [-0.15, -0.1) is 0 Å². The van der Waals surface area contributed by atoms with Gasteiger partial charge in [0.2, 0.25) is 0 Å². The molecule has 0 spiro atoms. The van der Waals surface area contributed by atoms with Gasteiger partial charge in [-0.3, -0.25) is 0 Å². The van der Waals surface area contributed by atoms with Gasteiger partial charge in [-0.1, -0.05) is 151 Å². The summed E-state index contributed by atoms with van der Waals surface area (Å²) in [7, 11) is 0. The van der Waals surface area contributed by atoms with Gasteiger partial charge in [0.25, 0.3) is 0 Å². The lowest BCUT2D eigenvalue weighted by atomic mass is 9.85. The first-order valence-corrected chi connectivity index (χ1v) is 14.6. The van der Waals surface area contributed by atoms with Crippen molar-refractivity contribution in [3.8, 4) is 44.5 Å². The minimum Gasteiger partial charge on any atom is -0.456 e. The van der Waals surface area contributed by atoms with Gasteiger partial charge in [0.1, 0.15) is 11.2 Å². The Kier molecular flexibility index (Phi) is 4.01. The van der Waals surface area contributed by atoms with Crippen LogP contribution in [0.1, 0.15) is 13.7 Å². The molecule has 0 N–H and O–H groups in total. The van der Waals surface area contributed by atoms with E-state index < -0.39 is 0 Å².